The van der Waals surface area contributed by atoms with Crippen LogP contribution in [-0.4, -0.2) is 25.7 Å². The van der Waals surface area contributed by atoms with Gasteiger partial charge in [0, 0.05) is 16.8 Å². The molecule has 0 fully saturated rings. The second-order valence-electron chi connectivity index (χ2n) is 5.97. The van der Waals surface area contributed by atoms with Crippen molar-refractivity contribution >= 4 is 17.2 Å². The van der Waals surface area contributed by atoms with Crippen LogP contribution in [0.15, 0.2) is 54.6 Å². The highest BCUT2D eigenvalue weighted by atomic mass is 16.2. The van der Waals surface area contributed by atoms with E-state index in [-0.39, 0.29) is 5.91 Å². The molecule has 2 aromatic heterocycles. The quantitative estimate of drug-likeness (QED) is 0.602. The van der Waals surface area contributed by atoms with Crippen molar-refractivity contribution in [1.29, 1.82) is 0 Å². The number of aromatic amines is 1. The summed E-state index contributed by atoms with van der Waals surface area (Å²) in [6.07, 6.45) is 0. The molecule has 0 unspecified atom stereocenters. The molecular formula is C19H17N5O. The van der Waals surface area contributed by atoms with E-state index in [1.54, 1.807) is 4.63 Å². The summed E-state index contributed by atoms with van der Waals surface area (Å²) in [5.74, 6) is 0.418. The van der Waals surface area contributed by atoms with Gasteiger partial charge in [-0.2, -0.15) is 4.63 Å². The number of nitrogens with one attached hydrogen (secondary N) is 2. The number of hydrogen-bond acceptors (Lipinski definition) is 3. The lowest BCUT2D eigenvalue weighted by molar-refractivity contribution is 0.102. The third-order valence-electron chi connectivity index (χ3n) is 4.07. The standard InChI is InChI=1S/C19H17N5O/c1-12-7-6-8-14(11-12)17-21-18-13(2)16(22-24(18)23-17)19(25)20-15-9-4-3-5-10-15/h3-11,22H,1-2H3,(H,20,25). The summed E-state index contributed by atoms with van der Waals surface area (Å²) >= 11 is 0. The zero-order chi connectivity index (χ0) is 17.4. The zero-order valence-corrected chi connectivity index (χ0v) is 13.9. The van der Waals surface area contributed by atoms with Gasteiger partial charge in [-0.1, -0.05) is 42.0 Å². The summed E-state index contributed by atoms with van der Waals surface area (Å²) in [5, 5.41) is 10.3. The predicted molar refractivity (Wildman–Crippen MR) is 96.6 cm³/mol. The molecule has 4 rings (SSSR count). The molecule has 2 heterocycles. The van der Waals surface area contributed by atoms with E-state index in [0.717, 1.165) is 22.4 Å². The topological polar surface area (TPSA) is 75.1 Å². The maximum atomic E-state index is 12.5. The van der Waals surface area contributed by atoms with Crippen molar-refractivity contribution in [3.05, 3.63) is 71.4 Å². The van der Waals surface area contributed by atoms with E-state index in [1.807, 2.05) is 68.4 Å². The van der Waals surface area contributed by atoms with E-state index in [0.29, 0.717) is 17.2 Å². The number of rotatable bonds is 3. The van der Waals surface area contributed by atoms with Crippen molar-refractivity contribution in [3.63, 3.8) is 0 Å². The summed E-state index contributed by atoms with van der Waals surface area (Å²) in [5.41, 5.74) is 4.71. The van der Waals surface area contributed by atoms with Gasteiger partial charge in [0.25, 0.3) is 5.91 Å². The smallest absolute Gasteiger partial charge is 0.274 e. The van der Waals surface area contributed by atoms with Crippen LogP contribution < -0.4 is 5.32 Å². The number of para-hydroxylation sites is 1. The maximum absolute atomic E-state index is 12.5. The van der Waals surface area contributed by atoms with Gasteiger partial charge in [0.05, 0.1) is 0 Å². The first-order valence-corrected chi connectivity index (χ1v) is 8.00. The maximum Gasteiger partial charge on any atom is 0.274 e. The molecule has 0 bridgehead atoms. The van der Waals surface area contributed by atoms with Gasteiger partial charge in [0.2, 0.25) is 0 Å². The lowest BCUT2D eigenvalue weighted by atomic mass is 10.1. The number of nitrogens with zero attached hydrogens (tertiary/aromatic N) is 3. The first kappa shape index (κ1) is 15.1. The Kier molecular flexibility index (Phi) is 3.57. The fourth-order valence-corrected chi connectivity index (χ4v) is 2.78. The average molecular weight is 331 g/mol. The monoisotopic (exact) mass is 331 g/mol. The largest absolute Gasteiger partial charge is 0.321 e. The van der Waals surface area contributed by atoms with Gasteiger partial charge in [0.15, 0.2) is 11.5 Å². The number of fused-ring (bicyclic) bond motifs is 1. The summed E-state index contributed by atoms with van der Waals surface area (Å²) in [4.78, 5) is 17.1. The number of H-pyrrole nitrogens is 1. The fraction of sp³-hybridized carbons (Fsp3) is 0.105. The Morgan fingerprint density at radius 1 is 1.08 bits per heavy atom. The molecular weight excluding hydrogens is 314 g/mol. The highest BCUT2D eigenvalue weighted by Crippen LogP contribution is 2.21. The van der Waals surface area contributed by atoms with Crippen LogP contribution in [0.4, 0.5) is 5.69 Å². The first-order valence-electron chi connectivity index (χ1n) is 8.00. The second kappa shape index (κ2) is 5.90. The van der Waals surface area contributed by atoms with E-state index in [4.69, 9.17) is 0 Å². The number of carbonyl (C=O) groups is 1. The van der Waals surface area contributed by atoms with Crippen LogP contribution in [0.2, 0.25) is 0 Å². The summed E-state index contributed by atoms with van der Waals surface area (Å²) < 4.78 is 1.55. The Morgan fingerprint density at radius 3 is 2.60 bits per heavy atom. The number of aryl methyl sites for hydroxylation is 2. The molecule has 4 aromatic rings. The van der Waals surface area contributed by atoms with E-state index in [9.17, 15) is 4.79 Å². The van der Waals surface area contributed by atoms with E-state index in [2.05, 4.69) is 20.5 Å². The number of benzene rings is 2. The third kappa shape index (κ3) is 2.78. The molecule has 0 saturated carbocycles. The van der Waals surface area contributed by atoms with Gasteiger partial charge in [0.1, 0.15) is 5.69 Å². The molecule has 0 atom stereocenters. The molecule has 2 N–H and O–H groups in total. The van der Waals surface area contributed by atoms with Crippen LogP contribution in [-0.2, 0) is 0 Å². The summed E-state index contributed by atoms with van der Waals surface area (Å²) in [6.45, 7) is 3.89. The first-order chi connectivity index (χ1) is 12.1. The predicted octanol–water partition coefficient (Wildman–Crippen LogP) is 3.59. The van der Waals surface area contributed by atoms with Gasteiger partial charge in [-0.3, -0.25) is 9.89 Å². The molecule has 0 radical (unpaired) electrons. The van der Waals surface area contributed by atoms with Gasteiger partial charge in [-0.05, 0) is 32.0 Å². The number of anilines is 1. The van der Waals surface area contributed by atoms with E-state index >= 15 is 0 Å². The van der Waals surface area contributed by atoms with E-state index in [1.165, 1.54) is 0 Å². The minimum atomic E-state index is -0.215. The Hall–Kier alpha value is -3.41. The van der Waals surface area contributed by atoms with Gasteiger partial charge < -0.3 is 5.32 Å². The van der Waals surface area contributed by atoms with Crippen molar-refractivity contribution in [2.45, 2.75) is 13.8 Å². The Labute approximate surface area is 144 Å². The minimum Gasteiger partial charge on any atom is -0.321 e. The lowest BCUT2D eigenvalue weighted by Gasteiger charge is -2.03. The van der Waals surface area contributed by atoms with Crippen molar-refractivity contribution < 1.29 is 4.79 Å². The molecule has 1 amide bonds. The zero-order valence-electron chi connectivity index (χ0n) is 13.9. The molecule has 0 aliphatic heterocycles. The van der Waals surface area contributed by atoms with Crippen LogP contribution in [0.5, 0.6) is 0 Å². The van der Waals surface area contributed by atoms with Crippen LogP contribution >= 0.6 is 0 Å². The van der Waals surface area contributed by atoms with Gasteiger partial charge in [-0.15, -0.1) is 5.10 Å². The third-order valence-corrected chi connectivity index (χ3v) is 4.07. The van der Waals surface area contributed by atoms with Crippen molar-refractivity contribution in [2.24, 2.45) is 0 Å². The van der Waals surface area contributed by atoms with Crippen LogP contribution in [0.1, 0.15) is 21.6 Å². The van der Waals surface area contributed by atoms with Gasteiger partial charge >= 0.3 is 0 Å². The van der Waals surface area contributed by atoms with Crippen molar-refractivity contribution in [1.82, 2.24) is 19.8 Å². The number of hydrogen-bond donors (Lipinski definition) is 2. The summed E-state index contributed by atoms with van der Waals surface area (Å²) in [6, 6.07) is 17.4. The molecule has 0 spiro atoms. The van der Waals surface area contributed by atoms with Crippen LogP contribution in [0.3, 0.4) is 0 Å². The molecule has 0 aliphatic carbocycles. The molecule has 6 nitrogen and oxygen atoms in total. The minimum absolute atomic E-state index is 0.215. The van der Waals surface area contributed by atoms with Crippen molar-refractivity contribution in [3.8, 4) is 11.4 Å². The molecule has 2 aromatic carbocycles. The molecule has 25 heavy (non-hydrogen) atoms. The molecule has 124 valence electrons. The normalized spacial score (nSPS) is 11.0. The van der Waals surface area contributed by atoms with Crippen molar-refractivity contribution in [2.75, 3.05) is 5.32 Å². The van der Waals surface area contributed by atoms with E-state index < -0.39 is 0 Å². The van der Waals surface area contributed by atoms with Crippen LogP contribution in [0.25, 0.3) is 17.0 Å². The molecule has 0 aliphatic rings. The average Bonchev–Trinajstić information content (AvgIpc) is 3.16. The fourth-order valence-electron chi connectivity index (χ4n) is 2.78. The number of aromatic nitrogens is 4. The molecule has 6 heteroatoms. The number of amides is 1. The SMILES string of the molecule is Cc1cccc(-c2nc3c(C)c(C(=O)Nc4ccccc4)[nH]n3n2)c1. The van der Waals surface area contributed by atoms with Gasteiger partial charge in [-0.25, -0.2) is 4.98 Å². The summed E-state index contributed by atoms with van der Waals surface area (Å²) in [7, 11) is 0. The number of carbonyl (C=O) groups excluding carboxylic acids is 1. The Morgan fingerprint density at radius 2 is 1.88 bits per heavy atom. The Bertz CT molecular complexity index is 1060. The second-order valence-corrected chi connectivity index (χ2v) is 5.97. The highest BCUT2D eigenvalue weighted by molar-refractivity contribution is 6.04. The Balaban J connectivity index is 1.67. The lowest BCUT2D eigenvalue weighted by Crippen LogP contribution is -2.14. The van der Waals surface area contributed by atoms with Crippen LogP contribution in [0, 0.1) is 13.8 Å². The highest BCUT2D eigenvalue weighted by Gasteiger charge is 2.18. The molecule has 0 saturated heterocycles.